The van der Waals surface area contributed by atoms with Crippen molar-refractivity contribution in [3.63, 3.8) is 0 Å². The van der Waals surface area contributed by atoms with Gasteiger partial charge < -0.3 is 9.64 Å². The first kappa shape index (κ1) is 16.8. The summed E-state index contributed by atoms with van der Waals surface area (Å²) in [6.45, 7) is 5.24. The summed E-state index contributed by atoms with van der Waals surface area (Å²) in [6, 6.07) is 2.10. The first-order valence-electron chi connectivity index (χ1n) is 9.16. The van der Waals surface area contributed by atoms with Crippen molar-refractivity contribution in [3.8, 4) is 6.07 Å². The summed E-state index contributed by atoms with van der Waals surface area (Å²) in [5.41, 5.74) is 0.303. The van der Waals surface area contributed by atoms with Gasteiger partial charge in [0.05, 0.1) is 12.2 Å². The number of ether oxygens (including phenoxy) is 1. The molecule has 1 heterocycles. The van der Waals surface area contributed by atoms with Crippen molar-refractivity contribution < 1.29 is 9.53 Å². The largest absolute Gasteiger partial charge is 0.381 e. The van der Waals surface area contributed by atoms with Gasteiger partial charge in [-0.25, -0.2) is 0 Å². The molecule has 0 aromatic rings. The Morgan fingerprint density at radius 1 is 1.30 bits per heavy atom. The Morgan fingerprint density at radius 3 is 2.52 bits per heavy atom. The fourth-order valence-electron chi connectivity index (χ4n) is 5.40. The summed E-state index contributed by atoms with van der Waals surface area (Å²) >= 11 is 0. The van der Waals surface area contributed by atoms with E-state index >= 15 is 0 Å². The molecule has 2 unspecified atom stereocenters. The molecule has 0 aromatic heterocycles. The lowest BCUT2D eigenvalue weighted by Crippen LogP contribution is -2.35. The minimum Gasteiger partial charge on any atom is -0.381 e. The summed E-state index contributed by atoms with van der Waals surface area (Å²) in [7, 11) is 1.83. The molecule has 0 N–H and O–H groups in total. The Hall–Kier alpha value is -1.08. The maximum absolute atomic E-state index is 12.6. The van der Waals surface area contributed by atoms with Crippen LogP contribution in [0, 0.1) is 34.5 Å². The second kappa shape index (κ2) is 6.43. The van der Waals surface area contributed by atoms with Gasteiger partial charge in [-0.15, -0.1) is 0 Å². The molecule has 0 radical (unpaired) electrons. The van der Waals surface area contributed by atoms with E-state index in [0.29, 0.717) is 23.9 Å². The van der Waals surface area contributed by atoms with Crippen molar-refractivity contribution in [2.75, 3.05) is 13.7 Å². The van der Waals surface area contributed by atoms with Crippen molar-refractivity contribution in [1.82, 2.24) is 4.90 Å². The van der Waals surface area contributed by atoms with Gasteiger partial charge in [-0.1, -0.05) is 13.8 Å². The standard InChI is InChI=1S/C19H30N2O2/c1-13-6-16(11-20)21(12-13)18(22)4-5-19(2)9-14-7-17(23-3)8-15(14)10-19/h13-17H,4-10,12H2,1-3H3/t13-,14-,15+,16-,17?,19?/m0/s1. The molecule has 4 nitrogen and oxygen atoms in total. The summed E-state index contributed by atoms with van der Waals surface area (Å²) < 4.78 is 5.52. The van der Waals surface area contributed by atoms with Gasteiger partial charge in [-0.3, -0.25) is 4.79 Å². The van der Waals surface area contributed by atoms with Crippen LogP contribution in [0.15, 0.2) is 0 Å². The lowest BCUT2D eigenvalue weighted by Gasteiger charge is -2.27. The van der Waals surface area contributed by atoms with E-state index in [2.05, 4.69) is 19.9 Å². The average molecular weight is 318 g/mol. The number of amides is 1. The summed E-state index contributed by atoms with van der Waals surface area (Å²) in [5, 5.41) is 9.23. The second-order valence-electron chi connectivity index (χ2n) is 8.60. The van der Waals surface area contributed by atoms with E-state index in [1.165, 1.54) is 25.7 Å². The molecule has 0 spiro atoms. The molecule has 2 saturated carbocycles. The number of hydrogen-bond acceptors (Lipinski definition) is 3. The number of rotatable bonds is 4. The number of carbonyl (C=O) groups is 1. The Balaban J connectivity index is 1.51. The predicted octanol–water partition coefficient (Wildman–Crippen LogP) is 3.37. The van der Waals surface area contributed by atoms with Crippen LogP contribution < -0.4 is 0 Å². The highest BCUT2D eigenvalue weighted by atomic mass is 16.5. The number of carbonyl (C=O) groups excluding carboxylic acids is 1. The zero-order chi connectivity index (χ0) is 16.6. The monoisotopic (exact) mass is 318 g/mol. The van der Waals surface area contributed by atoms with Crippen LogP contribution >= 0.6 is 0 Å². The molecule has 6 atom stereocenters. The van der Waals surface area contributed by atoms with Gasteiger partial charge in [0, 0.05) is 20.1 Å². The fourth-order valence-corrected chi connectivity index (χ4v) is 5.40. The first-order chi connectivity index (χ1) is 10.9. The molecule has 3 fully saturated rings. The lowest BCUT2D eigenvalue weighted by atomic mass is 9.81. The average Bonchev–Trinajstić information content (AvgIpc) is 3.15. The predicted molar refractivity (Wildman–Crippen MR) is 88.5 cm³/mol. The van der Waals surface area contributed by atoms with E-state index in [9.17, 15) is 10.1 Å². The molecule has 2 aliphatic carbocycles. The van der Waals surface area contributed by atoms with Crippen LogP contribution in [0.3, 0.4) is 0 Å². The minimum absolute atomic E-state index is 0.189. The van der Waals surface area contributed by atoms with Gasteiger partial charge in [0.25, 0.3) is 0 Å². The zero-order valence-corrected chi connectivity index (χ0v) is 14.8. The van der Waals surface area contributed by atoms with Crippen molar-refractivity contribution in [2.24, 2.45) is 23.2 Å². The summed E-state index contributed by atoms with van der Waals surface area (Å²) in [4.78, 5) is 14.4. The van der Waals surface area contributed by atoms with Crippen molar-refractivity contribution in [2.45, 2.75) is 70.9 Å². The molecule has 23 heavy (non-hydrogen) atoms. The third-order valence-electron chi connectivity index (χ3n) is 6.56. The highest BCUT2D eigenvalue weighted by Crippen LogP contribution is 2.55. The van der Waals surface area contributed by atoms with E-state index in [4.69, 9.17) is 4.74 Å². The molecule has 1 amide bonds. The van der Waals surface area contributed by atoms with Gasteiger partial charge >= 0.3 is 0 Å². The Labute approximate surface area is 140 Å². The molecule has 0 bridgehead atoms. The molecular weight excluding hydrogens is 288 g/mol. The van der Waals surface area contributed by atoms with E-state index < -0.39 is 0 Å². The lowest BCUT2D eigenvalue weighted by molar-refractivity contribution is -0.131. The highest BCUT2D eigenvalue weighted by molar-refractivity contribution is 5.77. The molecule has 1 aliphatic heterocycles. The summed E-state index contributed by atoms with van der Waals surface area (Å²) in [5.74, 6) is 2.22. The van der Waals surface area contributed by atoms with Crippen LogP contribution in [0.5, 0.6) is 0 Å². The van der Waals surface area contributed by atoms with Crippen LogP contribution in [0.1, 0.15) is 58.8 Å². The van der Waals surface area contributed by atoms with E-state index in [1.54, 1.807) is 0 Å². The number of nitrogens with zero attached hydrogens (tertiary/aromatic N) is 2. The van der Waals surface area contributed by atoms with E-state index in [1.807, 2.05) is 12.0 Å². The van der Waals surface area contributed by atoms with Crippen molar-refractivity contribution in [1.29, 1.82) is 5.26 Å². The van der Waals surface area contributed by atoms with Gasteiger partial charge in [-0.2, -0.15) is 5.26 Å². The van der Waals surface area contributed by atoms with Crippen LogP contribution in [-0.4, -0.2) is 36.6 Å². The molecule has 0 aromatic carbocycles. The maximum Gasteiger partial charge on any atom is 0.223 e. The number of nitriles is 1. The first-order valence-corrected chi connectivity index (χ1v) is 9.16. The van der Waals surface area contributed by atoms with E-state index in [0.717, 1.165) is 31.2 Å². The molecular formula is C19H30N2O2. The minimum atomic E-state index is -0.198. The third kappa shape index (κ3) is 3.40. The van der Waals surface area contributed by atoms with Gasteiger partial charge in [0.2, 0.25) is 5.91 Å². The number of likely N-dealkylation sites (tertiary alicyclic amines) is 1. The Morgan fingerprint density at radius 2 is 1.96 bits per heavy atom. The van der Waals surface area contributed by atoms with E-state index in [-0.39, 0.29) is 11.9 Å². The van der Waals surface area contributed by atoms with Crippen LogP contribution in [0.25, 0.3) is 0 Å². The molecule has 1 saturated heterocycles. The molecule has 3 aliphatic rings. The van der Waals surface area contributed by atoms with Crippen LogP contribution in [0.2, 0.25) is 0 Å². The fraction of sp³-hybridized carbons (Fsp3) is 0.895. The third-order valence-corrected chi connectivity index (χ3v) is 6.56. The van der Waals surface area contributed by atoms with Gasteiger partial charge in [0.1, 0.15) is 6.04 Å². The van der Waals surface area contributed by atoms with Crippen molar-refractivity contribution >= 4 is 5.91 Å². The second-order valence-corrected chi connectivity index (χ2v) is 8.60. The topological polar surface area (TPSA) is 53.3 Å². The maximum atomic E-state index is 12.6. The van der Waals surface area contributed by atoms with Crippen molar-refractivity contribution in [3.05, 3.63) is 0 Å². The molecule has 3 rings (SSSR count). The number of hydrogen-bond donors (Lipinski definition) is 0. The van der Waals surface area contributed by atoms with Gasteiger partial charge in [0.15, 0.2) is 0 Å². The number of methoxy groups -OCH3 is 1. The Kier molecular flexibility index (Phi) is 4.69. The number of fused-ring (bicyclic) bond motifs is 1. The highest BCUT2D eigenvalue weighted by Gasteiger charge is 2.47. The quantitative estimate of drug-likeness (QED) is 0.798. The smallest absolute Gasteiger partial charge is 0.223 e. The normalized spacial score (nSPS) is 42.7. The molecule has 4 heteroatoms. The van der Waals surface area contributed by atoms with Crippen LogP contribution in [-0.2, 0) is 9.53 Å². The van der Waals surface area contributed by atoms with Gasteiger partial charge in [-0.05, 0) is 61.7 Å². The Bertz CT molecular complexity index is 484. The molecule has 128 valence electrons. The van der Waals surface area contributed by atoms with Crippen LogP contribution in [0.4, 0.5) is 0 Å². The SMILES string of the molecule is COC1C[C@@H]2CC(C)(CCC(=O)N3C[C@@H](C)C[C@H]3C#N)C[C@@H]2C1. The summed E-state index contributed by atoms with van der Waals surface area (Å²) in [6.07, 6.45) is 7.75. The zero-order valence-electron chi connectivity index (χ0n) is 14.8.